The van der Waals surface area contributed by atoms with E-state index in [0.717, 1.165) is 42.0 Å². The summed E-state index contributed by atoms with van der Waals surface area (Å²) in [5, 5.41) is 7.27. The number of nitrogens with one attached hydrogen (secondary N) is 1. The zero-order valence-electron chi connectivity index (χ0n) is 20.2. The Kier molecular flexibility index (Phi) is 6.64. The molecular weight excluding hydrogens is 426 g/mol. The second-order valence-electron chi connectivity index (χ2n) is 9.94. The fourth-order valence-electron chi connectivity index (χ4n) is 4.33. The number of rotatable bonds is 6. The number of hydrogen-bond donors (Lipinski definition) is 1. The van der Waals surface area contributed by atoms with Crippen LogP contribution in [0.4, 0.5) is 17.3 Å². The van der Waals surface area contributed by atoms with Gasteiger partial charge in [0.1, 0.15) is 0 Å². The van der Waals surface area contributed by atoms with Gasteiger partial charge in [-0.2, -0.15) is 5.10 Å². The van der Waals surface area contributed by atoms with E-state index >= 15 is 0 Å². The predicted octanol–water partition coefficient (Wildman–Crippen LogP) is 5.00. The number of amides is 1. The molecule has 1 aliphatic heterocycles. The molecule has 1 atom stereocenters. The highest BCUT2D eigenvalue weighted by Crippen LogP contribution is 2.34. The van der Waals surface area contributed by atoms with E-state index in [2.05, 4.69) is 46.0 Å². The lowest BCUT2D eigenvalue weighted by Crippen LogP contribution is -2.31. The minimum absolute atomic E-state index is 0.175. The van der Waals surface area contributed by atoms with Gasteiger partial charge >= 0.3 is 0 Å². The first kappa shape index (κ1) is 23.4. The predicted molar refractivity (Wildman–Crippen MR) is 133 cm³/mol. The van der Waals surface area contributed by atoms with Crippen molar-refractivity contribution in [2.45, 2.75) is 40.0 Å². The Bertz CT molecular complexity index is 1220. The van der Waals surface area contributed by atoms with Crippen molar-refractivity contribution in [1.82, 2.24) is 24.6 Å². The van der Waals surface area contributed by atoms with Crippen LogP contribution < -0.4 is 5.32 Å². The molecule has 0 bridgehead atoms. The summed E-state index contributed by atoms with van der Waals surface area (Å²) in [4.78, 5) is 27.4. The van der Waals surface area contributed by atoms with Gasteiger partial charge in [0.05, 0.1) is 24.2 Å². The van der Waals surface area contributed by atoms with Gasteiger partial charge in [0.15, 0.2) is 5.69 Å². The molecule has 2 aromatic heterocycles. The molecule has 1 aliphatic rings. The third-order valence-electron chi connectivity index (χ3n) is 6.49. The number of anilines is 2. The molecule has 1 fully saturated rings. The summed E-state index contributed by atoms with van der Waals surface area (Å²) >= 11 is 0. The average Bonchev–Trinajstić information content (AvgIpc) is 3.47. The highest BCUT2D eigenvalue weighted by molar-refractivity contribution is 5.77. The van der Waals surface area contributed by atoms with E-state index in [9.17, 15) is 4.79 Å². The van der Waals surface area contributed by atoms with Crippen molar-refractivity contribution in [2.75, 3.05) is 18.4 Å². The van der Waals surface area contributed by atoms with E-state index in [-0.39, 0.29) is 11.3 Å². The summed E-state index contributed by atoms with van der Waals surface area (Å²) < 4.78 is 1.70. The SMILES string of the molecule is [C-]#[N+]c1cc(-c2ccnc(Nc3cnn(C)c3)n2)ccc1CCC(=O)N1CCC(C(C)(C)C)C1. The van der Waals surface area contributed by atoms with Crippen LogP contribution in [0.2, 0.25) is 0 Å². The zero-order chi connectivity index (χ0) is 24.3. The summed E-state index contributed by atoms with van der Waals surface area (Å²) in [5.74, 6) is 1.18. The molecular formula is C26H31N7O. The lowest BCUT2D eigenvalue weighted by atomic mass is 9.80. The number of hydrogen-bond acceptors (Lipinski definition) is 5. The number of aromatic nitrogens is 4. The zero-order valence-corrected chi connectivity index (χ0v) is 20.2. The van der Waals surface area contributed by atoms with Gasteiger partial charge in [-0.05, 0) is 47.4 Å². The van der Waals surface area contributed by atoms with Gasteiger partial charge in [0.25, 0.3) is 0 Å². The molecule has 0 saturated carbocycles. The number of aryl methyl sites for hydroxylation is 2. The summed E-state index contributed by atoms with van der Waals surface area (Å²) in [6.07, 6.45) is 7.28. The van der Waals surface area contributed by atoms with Crippen molar-refractivity contribution in [3.8, 4) is 11.3 Å². The molecule has 8 nitrogen and oxygen atoms in total. The molecule has 1 saturated heterocycles. The van der Waals surface area contributed by atoms with Crippen LogP contribution in [-0.4, -0.2) is 43.6 Å². The summed E-state index contributed by atoms with van der Waals surface area (Å²) in [7, 11) is 1.84. The molecule has 0 aliphatic carbocycles. The highest BCUT2D eigenvalue weighted by atomic mass is 16.2. The molecule has 1 unspecified atom stereocenters. The van der Waals surface area contributed by atoms with Crippen molar-refractivity contribution >= 4 is 23.2 Å². The normalized spacial score (nSPS) is 15.9. The highest BCUT2D eigenvalue weighted by Gasteiger charge is 2.33. The molecule has 1 aromatic carbocycles. The van der Waals surface area contributed by atoms with E-state index in [1.807, 2.05) is 42.4 Å². The summed E-state index contributed by atoms with van der Waals surface area (Å²) in [6, 6.07) is 7.55. The maximum absolute atomic E-state index is 12.8. The topological polar surface area (TPSA) is 80.3 Å². The Morgan fingerprint density at radius 2 is 2.12 bits per heavy atom. The van der Waals surface area contributed by atoms with E-state index in [4.69, 9.17) is 6.57 Å². The number of carbonyl (C=O) groups is 1. The summed E-state index contributed by atoms with van der Waals surface area (Å²) in [6.45, 7) is 16.0. The minimum Gasteiger partial charge on any atom is -0.342 e. The first-order valence-electron chi connectivity index (χ1n) is 11.6. The molecule has 1 amide bonds. The second-order valence-corrected chi connectivity index (χ2v) is 9.94. The minimum atomic E-state index is 0.175. The van der Waals surface area contributed by atoms with Gasteiger partial charge in [-0.1, -0.05) is 32.9 Å². The van der Waals surface area contributed by atoms with Crippen LogP contribution in [0.15, 0.2) is 42.9 Å². The van der Waals surface area contributed by atoms with E-state index in [1.54, 1.807) is 17.1 Å². The van der Waals surface area contributed by atoms with Gasteiger partial charge in [0, 0.05) is 39.0 Å². The molecule has 3 heterocycles. The maximum Gasteiger partial charge on any atom is 0.227 e. The van der Waals surface area contributed by atoms with Crippen molar-refractivity contribution < 1.29 is 4.79 Å². The van der Waals surface area contributed by atoms with Crippen molar-refractivity contribution in [3.63, 3.8) is 0 Å². The van der Waals surface area contributed by atoms with Crippen molar-refractivity contribution in [2.24, 2.45) is 18.4 Å². The van der Waals surface area contributed by atoms with Crippen LogP contribution in [0, 0.1) is 17.9 Å². The first-order chi connectivity index (χ1) is 16.2. The van der Waals surface area contributed by atoms with Crippen LogP contribution in [0.5, 0.6) is 0 Å². The Morgan fingerprint density at radius 1 is 1.29 bits per heavy atom. The quantitative estimate of drug-likeness (QED) is 0.527. The Hall–Kier alpha value is -3.73. The molecule has 0 spiro atoms. The van der Waals surface area contributed by atoms with E-state index < -0.39 is 0 Å². The van der Waals surface area contributed by atoms with Crippen LogP contribution >= 0.6 is 0 Å². The number of carbonyl (C=O) groups excluding carboxylic acids is 1. The Labute approximate surface area is 200 Å². The summed E-state index contributed by atoms with van der Waals surface area (Å²) in [5.41, 5.74) is 4.02. The molecule has 4 rings (SSSR count). The number of likely N-dealkylation sites (tertiary alicyclic amines) is 1. The van der Waals surface area contributed by atoms with E-state index in [0.29, 0.717) is 30.4 Å². The first-order valence-corrected chi connectivity index (χ1v) is 11.6. The number of benzene rings is 1. The molecule has 8 heteroatoms. The number of nitrogens with zero attached hydrogens (tertiary/aromatic N) is 6. The van der Waals surface area contributed by atoms with Gasteiger partial charge in [0.2, 0.25) is 11.9 Å². The van der Waals surface area contributed by atoms with Crippen LogP contribution in [0.25, 0.3) is 16.1 Å². The van der Waals surface area contributed by atoms with Gasteiger partial charge in [-0.25, -0.2) is 14.8 Å². The van der Waals surface area contributed by atoms with Gasteiger partial charge < -0.3 is 10.2 Å². The molecule has 3 aromatic rings. The Balaban J connectivity index is 1.43. The molecule has 0 radical (unpaired) electrons. The third kappa shape index (κ3) is 5.42. The lowest BCUT2D eigenvalue weighted by Gasteiger charge is -2.27. The largest absolute Gasteiger partial charge is 0.342 e. The molecule has 176 valence electrons. The monoisotopic (exact) mass is 457 g/mol. The van der Waals surface area contributed by atoms with E-state index in [1.165, 1.54) is 0 Å². The van der Waals surface area contributed by atoms with Crippen LogP contribution in [-0.2, 0) is 18.3 Å². The second kappa shape index (κ2) is 9.64. The average molecular weight is 458 g/mol. The lowest BCUT2D eigenvalue weighted by molar-refractivity contribution is -0.130. The maximum atomic E-state index is 12.8. The molecule has 34 heavy (non-hydrogen) atoms. The fraction of sp³-hybridized carbons (Fsp3) is 0.423. The standard InChI is InChI=1S/C26H31N7O/c1-26(2,3)20-11-13-33(16-20)24(34)9-8-18-6-7-19(14-23(18)27-4)22-10-12-28-25(31-22)30-21-15-29-32(5)17-21/h6-7,10,12,14-15,17,20H,8-9,11,13,16H2,1-3,5H3,(H,28,30,31). The molecule has 1 N–H and O–H groups in total. The van der Waals surface area contributed by atoms with Crippen LogP contribution in [0.1, 0.15) is 39.2 Å². The Morgan fingerprint density at radius 3 is 2.79 bits per heavy atom. The third-order valence-corrected chi connectivity index (χ3v) is 6.49. The van der Waals surface area contributed by atoms with Crippen molar-refractivity contribution in [1.29, 1.82) is 0 Å². The van der Waals surface area contributed by atoms with Crippen LogP contribution in [0.3, 0.4) is 0 Å². The van der Waals surface area contributed by atoms with Gasteiger partial charge in [-0.3, -0.25) is 9.48 Å². The van der Waals surface area contributed by atoms with Crippen molar-refractivity contribution in [3.05, 3.63) is 59.8 Å². The fourth-order valence-corrected chi connectivity index (χ4v) is 4.33. The van der Waals surface area contributed by atoms with Gasteiger partial charge in [-0.15, -0.1) is 0 Å². The smallest absolute Gasteiger partial charge is 0.227 e.